The highest BCUT2D eigenvalue weighted by molar-refractivity contribution is 5.83. The maximum Gasteiger partial charge on any atom is 0.453 e. The van der Waals surface area contributed by atoms with Gasteiger partial charge < -0.3 is 9.15 Å². The fourth-order valence-corrected chi connectivity index (χ4v) is 3.56. The topological polar surface area (TPSA) is 82.5 Å². The van der Waals surface area contributed by atoms with E-state index in [-0.39, 0.29) is 28.4 Å². The first kappa shape index (κ1) is 20.7. The number of benzene rings is 2. The summed E-state index contributed by atoms with van der Waals surface area (Å²) in [4.78, 5) is 20.5. The SMILES string of the molecule is Cc1cc(Oc2ccc3c(=O)c(-c4ccccc4)c(C)oc3c2)n2nc(C(F)(F)F)nc2n1. The van der Waals surface area contributed by atoms with Gasteiger partial charge in [-0.25, -0.2) is 4.98 Å². The molecule has 0 aliphatic heterocycles. The van der Waals surface area contributed by atoms with Crippen molar-refractivity contribution in [3.05, 3.63) is 82.1 Å². The third-order valence-corrected chi connectivity index (χ3v) is 4.99. The summed E-state index contributed by atoms with van der Waals surface area (Å²) < 4.78 is 51.7. The van der Waals surface area contributed by atoms with Gasteiger partial charge in [-0.15, -0.1) is 5.10 Å². The van der Waals surface area contributed by atoms with Gasteiger partial charge in [-0.3, -0.25) is 4.79 Å². The highest BCUT2D eigenvalue weighted by atomic mass is 19.4. The van der Waals surface area contributed by atoms with Crippen LogP contribution < -0.4 is 10.2 Å². The Bertz CT molecular complexity index is 1570. The van der Waals surface area contributed by atoms with Gasteiger partial charge in [-0.2, -0.15) is 22.7 Å². The smallest absolute Gasteiger partial charge is 0.453 e. The van der Waals surface area contributed by atoms with Crippen LogP contribution in [0.25, 0.3) is 27.9 Å². The van der Waals surface area contributed by atoms with Crippen LogP contribution in [0.15, 0.2) is 63.8 Å². The Morgan fingerprint density at radius 3 is 2.48 bits per heavy atom. The highest BCUT2D eigenvalue weighted by Crippen LogP contribution is 2.31. The van der Waals surface area contributed by atoms with Gasteiger partial charge >= 0.3 is 6.18 Å². The van der Waals surface area contributed by atoms with Gasteiger partial charge in [0.25, 0.3) is 11.6 Å². The Hall–Kier alpha value is -4.21. The van der Waals surface area contributed by atoms with Gasteiger partial charge in [0.05, 0.1) is 10.9 Å². The minimum atomic E-state index is -4.72. The van der Waals surface area contributed by atoms with Gasteiger partial charge in [0.15, 0.2) is 0 Å². The van der Waals surface area contributed by atoms with Gasteiger partial charge in [-0.1, -0.05) is 30.3 Å². The van der Waals surface area contributed by atoms with E-state index in [0.717, 1.165) is 10.1 Å². The molecule has 0 unspecified atom stereocenters. The van der Waals surface area contributed by atoms with Crippen LogP contribution in [0, 0.1) is 13.8 Å². The zero-order valence-electron chi connectivity index (χ0n) is 17.3. The molecule has 5 rings (SSSR count). The van der Waals surface area contributed by atoms with E-state index in [9.17, 15) is 18.0 Å². The molecule has 0 fully saturated rings. The van der Waals surface area contributed by atoms with E-state index in [0.29, 0.717) is 22.4 Å². The van der Waals surface area contributed by atoms with Crippen LogP contribution in [0.1, 0.15) is 17.3 Å². The van der Waals surface area contributed by atoms with E-state index in [1.165, 1.54) is 18.2 Å². The fraction of sp³-hybridized carbons (Fsp3) is 0.130. The van der Waals surface area contributed by atoms with Crippen LogP contribution in [0.2, 0.25) is 0 Å². The average molecular weight is 452 g/mol. The standard InChI is InChI=1S/C23H15F3N4O3/c1-12-10-18(30-22(27-12)28-21(29-30)23(24,25)26)33-15-8-9-16-17(11-15)32-13(2)19(20(16)31)14-6-4-3-5-7-14/h3-11H,1-2H3. The quantitative estimate of drug-likeness (QED) is 0.368. The largest absolute Gasteiger partial charge is 0.460 e. The first-order valence-electron chi connectivity index (χ1n) is 9.83. The average Bonchev–Trinajstić information content (AvgIpc) is 3.19. The molecule has 0 aliphatic carbocycles. The molecular weight excluding hydrogens is 437 g/mol. The van der Waals surface area contributed by atoms with Crippen LogP contribution >= 0.6 is 0 Å². The molecule has 0 amide bonds. The number of halogens is 3. The Kier molecular flexibility index (Phi) is 4.66. The van der Waals surface area contributed by atoms with Crippen LogP contribution in [0.4, 0.5) is 13.2 Å². The molecule has 3 heterocycles. The lowest BCUT2D eigenvalue weighted by atomic mass is 10.0. The molecule has 10 heteroatoms. The van der Waals surface area contributed by atoms with Crippen molar-refractivity contribution < 1.29 is 22.3 Å². The number of rotatable bonds is 3. The van der Waals surface area contributed by atoms with Crippen molar-refractivity contribution in [1.29, 1.82) is 0 Å². The first-order valence-corrected chi connectivity index (χ1v) is 9.83. The predicted octanol–water partition coefficient (Wildman–Crippen LogP) is 5.33. The van der Waals surface area contributed by atoms with Crippen molar-refractivity contribution in [3.63, 3.8) is 0 Å². The first-order chi connectivity index (χ1) is 15.7. The Morgan fingerprint density at radius 1 is 1.00 bits per heavy atom. The van der Waals surface area contributed by atoms with Crippen molar-refractivity contribution in [1.82, 2.24) is 19.6 Å². The van der Waals surface area contributed by atoms with E-state index in [1.807, 2.05) is 30.3 Å². The predicted molar refractivity (Wildman–Crippen MR) is 113 cm³/mol. The number of hydrogen-bond acceptors (Lipinski definition) is 6. The molecule has 0 aliphatic rings. The molecule has 0 N–H and O–H groups in total. The van der Waals surface area contributed by atoms with Crippen LogP contribution in [-0.2, 0) is 6.18 Å². The molecule has 166 valence electrons. The summed E-state index contributed by atoms with van der Waals surface area (Å²) in [5, 5.41) is 3.83. The molecule has 5 aromatic rings. The second kappa shape index (κ2) is 7.44. The summed E-state index contributed by atoms with van der Waals surface area (Å²) >= 11 is 0. The molecule has 2 aromatic carbocycles. The number of aromatic nitrogens is 4. The summed E-state index contributed by atoms with van der Waals surface area (Å²) in [7, 11) is 0. The molecule has 0 spiro atoms. The zero-order valence-corrected chi connectivity index (χ0v) is 17.3. The molecule has 0 saturated carbocycles. The Labute approximate surface area is 184 Å². The lowest BCUT2D eigenvalue weighted by molar-refractivity contribution is -0.144. The summed E-state index contributed by atoms with van der Waals surface area (Å²) in [6.45, 7) is 3.29. The fourth-order valence-electron chi connectivity index (χ4n) is 3.56. The van der Waals surface area contributed by atoms with Crippen molar-refractivity contribution in [2.75, 3.05) is 0 Å². The minimum Gasteiger partial charge on any atom is -0.460 e. The van der Waals surface area contributed by atoms with E-state index < -0.39 is 12.0 Å². The van der Waals surface area contributed by atoms with Crippen LogP contribution in [0.5, 0.6) is 11.6 Å². The van der Waals surface area contributed by atoms with E-state index in [4.69, 9.17) is 9.15 Å². The van der Waals surface area contributed by atoms with Crippen molar-refractivity contribution in [3.8, 4) is 22.8 Å². The van der Waals surface area contributed by atoms with Gasteiger partial charge in [0, 0.05) is 17.8 Å². The number of ether oxygens (including phenoxy) is 1. The molecule has 0 saturated heterocycles. The Morgan fingerprint density at radius 2 is 1.76 bits per heavy atom. The molecule has 0 atom stereocenters. The summed E-state index contributed by atoms with van der Waals surface area (Å²) in [6.07, 6.45) is -4.72. The second-order valence-corrected chi connectivity index (χ2v) is 7.37. The van der Waals surface area contributed by atoms with E-state index >= 15 is 0 Å². The second-order valence-electron chi connectivity index (χ2n) is 7.37. The minimum absolute atomic E-state index is 0.0141. The van der Waals surface area contributed by atoms with Crippen LogP contribution in [-0.4, -0.2) is 19.6 Å². The molecule has 0 bridgehead atoms. The van der Waals surface area contributed by atoms with Crippen molar-refractivity contribution >= 4 is 16.7 Å². The summed E-state index contributed by atoms with van der Waals surface area (Å²) in [5.41, 5.74) is 1.69. The summed E-state index contributed by atoms with van der Waals surface area (Å²) in [6, 6.07) is 15.2. The normalized spacial score (nSPS) is 11.9. The monoisotopic (exact) mass is 452 g/mol. The number of fused-ring (bicyclic) bond motifs is 2. The molecule has 0 radical (unpaired) electrons. The molecule has 3 aromatic heterocycles. The zero-order chi connectivity index (χ0) is 23.3. The number of hydrogen-bond donors (Lipinski definition) is 0. The highest BCUT2D eigenvalue weighted by Gasteiger charge is 2.37. The van der Waals surface area contributed by atoms with Gasteiger partial charge in [0.2, 0.25) is 11.3 Å². The third-order valence-electron chi connectivity index (χ3n) is 4.99. The number of alkyl halides is 3. The maximum atomic E-state index is 13.1. The molecular formula is C23H15F3N4O3. The molecule has 7 nitrogen and oxygen atoms in total. The molecule has 33 heavy (non-hydrogen) atoms. The van der Waals surface area contributed by atoms with Crippen molar-refractivity contribution in [2.24, 2.45) is 0 Å². The lowest BCUT2D eigenvalue weighted by Gasteiger charge is -2.10. The van der Waals surface area contributed by atoms with Gasteiger partial charge in [-0.05, 0) is 31.5 Å². The van der Waals surface area contributed by atoms with Crippen LogP contribution in [0.3, 0.4) is 0 Å². The third kappa shape index (κ3) is 3.69. The van der Waals surface area contributed by atoms with Gasteiger partial charge in [0.1, 0.15) is 17.1 Å². The number of nitrogens with zero attached hydrogens (tertiary/aromatic N) is 4. The Balaban J connectivity index is 1.59. The maximum absolute atomic E-state index is 13.1. The van der Waals surface area contributed by atoms with E-state index in [1.54, 1.807) is 19.9 Å². The number of aryl methyl sites for hydroxylation is 2. The lowest BCUT2D eigenvalue weighted by Crippen LogP contribution is -2.08. The summed E-state index contributed by atoms with van der Waals surface area (Å²) in [5.74, 6) is -0.899. The van der Waals surface area contributed by atoms with E-state index in [2.05, 4.69) is 15.1 Å². The van der Waals surface area contributed by atoms with Crippen molar-refractivity contribution in [2.45, 2.75) is 20.0 Å².